The van der Waals surface area contributed by atoms with E-state index in [4.69, 9.17) is 0 Å². The maximum atomic E-state index is 12.9. The summed E-state index contributed by atoms with van der Waals surface area (Å²) in [6.45, 7) is 1.99. The fourth-order valence-corrected chi connectivity index (χ4v) is 2.21. The molecule has 0 unspecified atom stereocenters. The Balaban J connectivity index is 2.11. The van der Waals surface area contributed by atoms with Gasteiger partial charge >= 0.3 is 0 Å². The molecule has 0 aliphatic heterocycles. The molecule has 20 heavy (non-hydrogen) atoms. The van der Waals surface area contributed by atoms with Gasteiger partial charge in [-0.2, -0.15) is 0 Å². The van der Waals surface area contributed by atoms with Gasteiger partial charge in [0.25, 0.3) is 0 Å². The molecule has 0 aliphatic carbocycles. The van der Waals surface area contributed by atoms with E-state index in [2.05, 4.69) is 0 Å². The molecule has 0 spiro atoms. The van der Waals surface area contributed by atoms with Gasteiger partial charge in [-0.3, -0.25) is 4.79 Å². The van der Waals surface area contributed by atoms with Gasteiger partial charge in [-0.15, -0.1) is 0 Å². The zero-order valence-electron chi connectivity index (χ0n) is 11.3. The van der Waals surface area contributed by atoms with Crippen LogP contribution in [0.5, 0.6) is 0 Å². The second kappa shape index (κ2) is 6.42. The minimum Gasteiger partial charge on any atom is -0.294 e. The Hall–Kier alpha value is -2.03. The lowest BCUT2D eigenvalue weighted by Crippen LogP contribution is -2.07. The summed E-state index contributed by atoms with van der Waals surface area (Å²) >= 11 is 0. The molecule has 0 aliphatic rings. The van der Waals surface area contributed by atoms with E-state index < -0.39 is 0 Å². The molecular weight excluding hydrogens is 258 g/mol. The minimum absolute atomic E-state index is 0.0267. The largest absolute Gasteiger partial charge is 0.294 e. The number of benzene rings is 2. The van der Waals surface area contributed by atoms with Gasteiger partial charge in [-0.1, -0.05) is 19.1 Å². The normalized spacial score (nSPS) is 12.2. The lowest BCUT2D eigenvalue weighted by atomic mass is 9.89. The molecule has 1 nitrogen and oxygen atoms in total. The summed E-state index contributed by atoms with van der Waals surface area (Å²) in [6, 6.07) is 11.8. The van der Waals surface area contributed by atoms with E-state index in [1.165, 1.54) is 36.4 Å². The molecule has 2 aromatic rings. The smallest absolute Gasteiger partial charge is 0.163 e. The summed E-state index contributed by atoms with van der Waals surface area (Å²) in [6.07, 6.45) is 1.13. The topological polar surface area (TPSA) is 17.1 Å². The number of ketones is 1. The number of Topliss-reactive ketones (excluding diaryl/α,β-unsaturated/α-hetero) is 1. The summed E-state index contributed by atoms with van der Waals surface area (Å²) < 4.78 is 25.8. The fourth-order valence-electron chi connectivity index (χ4n) is 2.21. The number of rotatable bonds is 5. The Labute approximate surface area is 117 Å². The van der Waals surface area contributed by atoms with E-state index in [9.17, 15) is 13.6 Å². The monoisotopic (exact) mass is 274 g/mol. The lowest BCUT2D eigenvalue weighted by Gasteiger charge is -2.14. The SMILES string of the molecule is CC[C@H](CC(=O)c1ccc(F)cc1)c1ccc(F)cc1. The zero-order valence-corrected chi connectivity index (χ0v) is 11.3. The van der Waals surface area contributed by atoms with Gasteiger partial charge in [0, 0.05) is 12.0 Å². The van der Waals surface area contributed by atoms with Crippen molar-refractivity contribution in [2.75, 3.05) is 0 Å². The van der Waals surface area contributed by atoms with Crippen molar-refractivity contribution in [3.05, 3.63) is 71.3 Å². The molecule has 1 atom stereocenters. The third-order valence-electron chi connectivity index (χ3n) is 3.43. The van der Waals surface area contributed by atoms with Gasteiger partial charge in [0.05, 0.1) is 0 Å². The Morgan fingerprint density at radius 2 is 1.45 bits per heavy atom. The van der Waals surface area contributed by atoms with E-state index in [-0.39, 0.29) is 23.3 Å². The molecule has 0 saturated heterocycles. The van der Waals surface area contributed by atoms with Crippen LogP contribution in [0, 0.1) is 11.6 Å². The molecule has 0 bridgehead atoms. The van der Waals surface area contributed by atoms with Gasteiger partial charge in [0.2, 0.25) is 0 Å². The van der Waals surface area contributed by atoms with Crippen molar-refractivity contribution in [1.29, 1.82) is 0 Å². The van der Waals surface area contributed by atoms with Crippen LogP contribution < -0.4 is 0 Å². The first kappa shape index (κ1) is 14.4. The highest BCUT2D eigenvalue weighted by atomic mass is 19.1. The van der Waals surface area contributed by atoms with E-state index in [1.54, 1.807) is 12.1 Å². The summed E-state index contributed by atoms with van der Waals surface area (Å²) in [5, 5.41) is 0. The molecule has 0 fully saturated rings. The molecule has 104 valence electrons. The third kappa shape index (κ3) is 3.50. The predicted molar refractivity (Wildman–Crippen MR) is 74.8 cm³/mol. The van der Waals surface area contributed by atoms with Gasteiger partial charge in [-0.05, 0) is 54.3 Å². The summed E-state index contributed by atoms with van der Waals surface area (Å²) in [5.41, 5.74) is 1.45. The van der Waals surface area contributed by atoms with Crippen molar-refractivity contribution >= 4 is 5.78 Å². The molecule has 0 heterocycles. The number of carbonyl (C=O) groups is 1. The number of carbonyl (C=O) groups excluding carboxylic acids is 1. The second-order valence-corrected chi connectivity index (χ2v) is 4.79. The molecule has 0 radical (unpaired) electrons. The average molecular weight is 274 g/mol. The standard InChI is InChI=1S/C17H16F2O/c1-2-12(13-3-7-15(18)8-4-13)11-17(20)14-5-9-16(19)10-6-14/h3-10,12H,2,11H2,1H3/t12-/m1/s1. The number of hydrogen-bond acceptors (Lipinski definition) is 1. The van der Waals surface area contributed by atoms with Gasteiger partial charge in [0.15, 0.2) is 5.78 Å². The van der Waals surface area contributed by atoms with Crippen LogP contribution in [-0.2, 0) is 0 Å². The maximum absolute atomic E-state index is 12.9. The van der Waals surface area contributed by atoms with Crippen LogP contribution in [0.2, 0.25) is 0 Å². The Morgan fingerprint density at radius 1 is 0.950 bits per heavy atom. The Kier molecular flexibility index (Phi) is 4.61. The van der Waals surface area contributed by atoms with Gasteiger partial charge in [0.1, 0.15) is 11.6 Å². The zero-order chi connectivity index (χ0) is 14.5. The molecule has 0 N–H and O–H groups in total. The van der Waals surface area contributed by atoms with Crippen LogP contribution in [0.15, 0.2) is 48.5 Å². The average Bonchev–Trinajstić information content (AvgIpc) is 2.46. The van der Waals surface area contributed by atoms with Crippen LogP contribution in [0.3, 0.4) is 0 Å². The van der Waals surface area contributed by atoms with E-state index in [1.807, 2.05) is 6.92 Å². The summed E-state index contributed by atoms with van der Waals surface area (Å²) in [5.74, 6) is -0.616. The van der Waals surface area contributed by atoms with Crippen LogP contribution in [0.25, 0.3) is 0 Å². The summed E-state index contributed by atoms with van der Waals surface area (Å²) in [4.78, 5) is 12.2. The maximum Gasteiger partial charge on any atom is 0.163 e. The summed E-state index contributed by atoms with van der Waals surface area (Å²) in [7, 11) is 0. The Bertz CT molecular complexity index is 573. The molecule has 2 rings (SSSR count). The number of halogens is 2. The first-order valence-electron chi connectivity index (χ1n) is 6.64. The molecule has 3 heteroatoms. The van der Waals surface area contributed by atoms with E-state index in [0.29, 0.717) is 12.0 Å². The predicted octanol–water partition coefficient (Wildman–Crippen LogP) is 4.73. The van der Waals surface area contributed by atoms with E-state index >= 15 is 0 Å². The van der Waals surface area contributed by atoms with Crippen LogP contribution >= 0.6 is 0 Å². The van der Waals surface area contributed by atoms with Crippen molar-refractivity contribution in [2.45, 2.75) is 25.7 Å². The molecule has 0 amide bonds. The highest BCUT2D eigenvalue weighted by Crippen LogP contribution is 2.25. The minimum atomic E-state index is -0.355. The number of hydrogen-bond donors (Lipinski definition) is 0. The van der Waals surface area contributed by atoms with Crippen LogP contribution in [0.1, 0.15) is 41.6 Å². The van der Waals surface area contributed by atoms with Gasteiger partial charge < -0.3 is 0 Å². The molecule has 0 saturated carbocycles. The highest BCUT2D eigenvalue weighted by Gasteiger charge is 2.15. The first-order valence-corrected chi connectivity index (χ1v) is 6.64. The first-order chi connectivity index (χ1) is 9.60. The van der Waals surface area contributed by atoms with E-state index in [0.717, 1.165) is 12.0 Å². The molecular formula is C17H16F2O. The Morgan fingerprint density at radius 3 is 1.95 bits per heavy atom. The lowest BCUT2D eigenvalue weighted by molar-refractivity contribution is 0.0973. The highest BCUT2D eigenvalue weighted by molar-refractivity contribution is 5.96. The van der Waals surface area contributed by atoms with Crippen molar-refractivity contribution in [2.24, 2.45) is 0 Å². The van der Waals surface area contributed by atoms with Gasteiger partial charge in [-0.25, -0.2) is 8.78 Å². The quantitative estimate of drug-likeness (QED) is 0.720. The third-order valence-corrected chi connectivity index (χ3v) is 3.43. The van der Waals surface area contributed by atoms with Crippen molar-refractivity contribution in [1.82, 2.24) is 0 Å². The second-order valence-electron chi connectivity index (χ2n) is 4.79. The van der Waals surface area contributed by atoms with Crippen LogP contribution in [-0.4, -0.2) is 5.78 Å². The van der Waals surface area contributed by atoms with Crippen LogP contribution in [0.4, 0.5) is 8.78 Å². The molecule has 0 aromatic heterocycles. The van der Waals surface area contributed by atoms with Crippen molar-refractivity contribution in [3.8, 4) is 0 Å². The van der Waals surface area contributed by atoms with Crippen molar-refractivity contribution in [3.63, 3.8) is 0 Å². The van der Waals surface area contributed by atoms with Crippen molar-refractivity contribution < 1.29 is 13.6 Å². The fraction of sp³-hybridized carbons (Fsp3) is 0.235. The molecule has 2 aromatic carbocycles.